The molecule has 0 fully saturated rings. The Hall–Kier alpha value is -2.83. The average molecular weight is 337 g/mol. The summed E-state index contributed by atoms with van der Waals surface area (Å²) in [6.45, 7) is 1.89. The molecular weight excluding hydrogens is 323 g/mol. The molecule has 0 saturated carbocycles. The van der Waals surface area contributed by atoms with Crippen LogP contribution in [0.4, 0.5) is 18.9 Å². The number of benzene rings is 2. The number of nitrogens with one attached hydrogen (secondary N) is 1. The highest BCUT2D eigenvalue weighted by Crippen LogP contribution is 2.27. The highest BCUT2D eigenvalue weighted by atomic mass is 19.4. The van der Waals surface area contributed by atoms with Gasteiger partial charge in [0.2, 0.25) is 0 Å². The average Bonchev–Trinajstić information content (AvgIpc) is 2.53. The van der Waals surface area contributed by atoms with Crippen molar-refractivity contribution in [3.8, 4) is 11.1 Å². The molecule has 0 aliphatic rings. The fourth-order valence-corrected chi connectivity index (χ4v) is 2.05. The molecule has 0 atom stereocenters. The maximum absolute atomic E-state index is 12.4. The molecule has 0 aliphatic heterocycles. The van der Waals surface area contributed by atoms with Gasteiger partial charge in [0.15, 0.2) is 0 Å². The number of anilines is 1. The van der Waals surface area contributed by atoms with E-state index in [1.165, 1.54) is 12.1 Å². The zero-order chi connectivity index (χ0) is 17.9. The summed E-state index contributed by atoms with van der Waals surface area (Å²) in [7, 11) is 1.16. The van der Waals surface area contributed by atoms with E-state index in [4.69, 9.17) is 0 Å². The highest BCUT2D eigenvalue weighted by molar-refractivity contribution is 5.98. The molecule has 0 bridgehead atoms. The lowest BCUT2D eigenvalue weighted by Gasteiger charge is -2.12. The summed E-state index contributed by atoms with van der Waals surface area (Å²) in [5.74, 6) is -2.83. The Kier molecular flexibility index (Phi) is 4.92. The summed E-state index contributed by atoms with van der Waals surface area (Å²) in [5.41, 5.74) is 2.07. The van der Waals surface area contributed by atoms with Crippen LogP contribution in [0.5, 0.6) is 0 Å². The van der Waals surface area contributed by atoms with Crippen LogP contribution in [0.25, 0.3) is 11.1 Å². The summed E-state index contributed by atoms with van der Waals surface area (Å²) >= 11 is 0. The minimum absolute atomic E-state index is 0.0352. The first-order valence-electron chi connectivity index (χ1n) is 6.89. The Bertz CT molecular complexity index is 768. The van der Waals surface area contributed by atoms with Crippen LogP contribution in [0.2, 0.25) is 0 Å². The molecule has 7 heteroatoms. The van der Waals surface area contributed by atoms with Crippen molar-refractivity contribution in [3.63, 3.8) is 0 Å². The summed E-state index contributed by atoms with van der Waals surface area (Å²) in [6, 6.07) is 11.2. The van der Waals surface area contributed by atoms with Gasteiger partial charge in [0.1, 0.15) is 0 Å². The van der Waals surface area contributed by atoms with E-state index in [2.05, 4.69) is 4.74 Å². The minimum atomic E-state index is -5.02. The smallest absolute Gasteiger partial charge is 0.465 e. The molecule has 0 aromatic heterocycles. The Balaban J connectivity index is 2.47. The van der Waals surface area contributed by atoms with Crippen LogP contribution in [0, 0.1) is 6.92 Å². The van der Waals surface area contributed by atoms with Crippen LogP contribution in [-0.2, 0) is 9.53 Å². The zero-order valence-electron chi connectivity index (χ0n) is 12.9. The van der Waals surface area contributed by atoms with E-state index < -0.39 is 18.1 Å². The van der Waals surface area contributed by atoms with Gasteiger partial charge in [-0.1, -0.05) is 29.8 Å². The van der Waals surface area contributed by atoms with E-state index in [-0.39, 0.29) is 11.3 Å². The number of alkyl halides is 3. The summed E-state index contributed by atoms with van der Waals surface area (Å²) in [4.78, 5) is 22.9. The SMILES string of the molecule is COC(=O)c1cc(NC(=O)C(F)(F)F)cc(-c2ccc(C)cc2)c1. The van der Waals surface area contributed by atoms with Crippen LogP contribution in [0.1, 0.15) is 15.9 Å². The molecule has 126 valence electrons. The van der Waals surface area contributed by atoms with E-state index in [0.717, 1.165) is 18.7 Å². The number of hydrogen-bond donors (Lipinski definition) is 1. The molecule has 0 heterocycles. The van der Waals surface area contributed by atoms with Gasteiger partial charge in [-0.15, -0.1) is 0 Å². The molecule has 1 N–H and O–H groups in total. The third kappa shape index (κ3) is 4.13. The standard InChI is InChI=1S/C17H14F3NO3/c1-10-3-5-11(6-4-10)12-7-13(15(22)24-2)9-14(8-12)21-16(23)17(18,19)20/h3-9H,1-2H3,(H,21,23). The number of carbonyl (C=O) groups excluding carboxylic acids is 2. The normalized spacial score (nSPS) is 11.0. The number of halogens is 3. The number of ether oxygens (including phenoxy) is 1. The lowest BCUT2D eigenvalue weighted by atomic mass is 10.0. The fraction of sp³-hybridized carbons (Fsp3) is 0.176. The predicted octanol–water partition coefficient (Wildman–Crippen LogP) is 3.95. The molecule has 2 aromatic rings. The highest BCUT2D eigenvalue weighted by Gasteiger charge is 2.38. The van der Waals surface area contributed by atoms with E-state index in [1.807, 2.05) is 19.1 Å². The first-order chi connectivity index (χ1) is 11.2. The molecule has 2 aromatic carbocycles. The summed E-state index contributed by atoms with van der Waals surface area (Å²) in [6.07, 6.45) is -5.02. The number of carbonyl (C=O) groups is 2. The number of rotatable bonds is 3. The van der Waals surface area contributed by atoms with Gasteiger partial charge in [-0.25, -0.2) is 4.79 Å². The number of aryl methyl sites for hydroxylation is 1. The molecule has 0 saturated heterocycles. The molecule has 2 rings (SSSR count). The van der Waals surface area contributed by atoms with Crippen LogP contribution in [0.15, 0.2) is 42.5 Å². The Labute approximate surface area is 136 Å². The zero-order valence-corrected chi connectivity index (χ0v) is 12.9. The van der Waals surface area contributed by atoms with Crippen molar-refractivity contribution in [2.24, 2.45) is 0 Å². The monoisotopic (exact) mass is 337 g/mol. The molecule has 0 spiro atoms. The van der Waals surface area contributed by atoms with Crippen LogP contribution >= 0.6 is 0 Å². The van der Waals surface area contributed by atoms with Crippen LogP contribution in [-0.4, -0.2) is 25.2 Å². The van der Waals surface area contributed by atoms with Crippen molar-refractivity contribution in [1.82, 2.24) is 0 Å². The van der Waals surface area contributed by atoms with Crippen molar-refractivity contribution in [1.29, 1.82) is 0 Å². The maximum atomic E-state index is 12.4. The fourth-order valence-electron chi connectivity index (χ4n) is 2.05. The number of hydrogen-bond acceptors (Lipinski definition) is 3. The molecular formula is C17H14F3NO3. The van der Waals surface area contributed by atoms with Gasteiger partial charge in [-0.3, -0.25) is 4.79 Å². The first-order valence-corrected chi connectivity index (χ1v) is 6.89. The summed E-state index contributed by atoms with van der Waals surface area (Å²) in [5, 5.41) is 1.75. The van der Waals surface area contributed by atoms with E-state index in [9.17, 15) is 22.8 Å². The van der Waals surface area contributed by atoms with Crippen molar-refractivity contribution in [3.05, 3.63) is 53.6 Å². The van der Waals surface area contributed by atoms with E-state index in [0.29, 0.717) is 11.1 Å². The topological polar surface area (TPSA) is 55.4 Å². The second-order valence-corrected chi connectivity index (χ2v) is 5.11. The second kappa shape index (κ2) is 6.74. The van der Waals surface area contributed by atoms with Crippen molar-refractivity contribution in [2.45, 2.75) is 13.1 Å². The molecule has 0 unspecified atom stereocenters. The third-order valence-corrected chi connectivity index (χ3v) is 3.25. The number of methoxy groups -OCH3 is 1. The number of esters is 1. The van der Waals surface area contributed by atoms with Crippen LogP contribution in [0.3, 0.4) is 0 Å². The van der Waals surface area contributed by atoms with Gasteiger partial charge in [-0.05, 0) is 36.2 Å². The van der Waals surface area contributed by atoms with Gasteiger partial charge in [0.05, 0.1) is 12.7 Å². The molecule has 24 heavy (non-hydrogen) atoms. The van der Waals surface area contributed by atoms with Gasteiger partial charge in [0, 0.05) is 5.69 Å². The van der Waals surface area contributed by atoms with Gasteiger partial charge >= 0.3 is 18.1 Å². The molecule has 4 nitrogen and oxygen atoms in total. The maximum Gasteiger partial charge on any atom is 0.471 e. The van der Waals surface area contributed by atoms with E-state index in [1.54, 1.807) is 17.4 Å². The van der Waals surface area contributed by atoms with Gasteiger partial charge in [0.25, 0.3) is 0 Å². The van der Waals surface area contributed by atoms with E-state index >= 15 is 0 Å². The molecule has 0 aliphatic carbocycles. The Morgan fingerprint density at radius 3 is 2.17 bits per heavy atom. The number of amides is 1. The predicted molar refractivity (Wildman–Crippen MR) is 82.6 cm³/mol. The minimum Gasteiger partial charge on any atom is -0.465 e. The largest absolute Gasteiger partial charge is 0.471 e. The van der Waals surface area contributed by atoms with Crippen molar-refractivity contribution >= 4 is 17.6 Å². The lowest BCUT2D eigenvalue weighted by molar-refractivity contribution is -0.167. The van der Waals surface area contributed by atoms with Gasteiger partial charge in [-0.2, -0.15) is 13.2 Å². The Morgan fingerprint density at radius 1 is 1.00 bits per heavy atom. The van der Waals surface area contributed by atoms with Crippen molar-refractivity contribution < 1.29 is 27.5 Å². The molecule has 1 amide bonds. The quantitative estimate of drug-likeness (QED) is 0.863. The first kappa shape index (κ1) is 17.5. The van der Waals surface area contributed by atoms with Gasteiger partial charge < -0.3 is 10.1 Å². The second-order valence-electron chi connectivity index (χ2n) is 5.11. The molecule has 0 radical (unpaired) electrons. The van der Waals surface area contributed by atoms with Crippen molar-refractivity contribution in [2.75, 3.05) is 12.4 Å². The summed E-state index contributed by atoms with van der Waals surface area (Å²) < 4.78 is 41.9. The lowest BCUT2D eigenvalue weighted by Crippen LogP contribution is -2.30. The third-order valence-electron chi connectivity index (χ3n) is 3.25. The Morgan fingerprint density at radius 2 is 1.62 bits per heavy atom. The van der Waals surface area contributed by atoms with Crippen LogP contribution < -0.4 is 5.32 Å².